The molecule has 1 unspecified atom stereocenters. The average Bonchev–Trinajstić information content (AvgIpc) is 2.20. The van der Waals surface area contributed by atoms with Crippen LogP contribution in [0.4, 0.5) is 0 Å². The van der Waals surface area contributed by atoms with Gasteiger partial charge in [0.2, 0.25) is 5.91 Å². The van der Waals surface area contributed by atoms with Crippen LogP contribution in [-0.2, 0) is 9.59 Å². The van der Waals surface area contributed by atoms with Crippen molar-refractivity contribution in [2.24, 2.45) is 5.92 Å². The van der Waals surface area contributed by atoms with Crippen molar-refractivity contribution in [1.29, 1.82) is 0 Å². The van der Waals surface area contributed by atoms with Crippen LogP contribution in [0.1, 0.15) is 47.0 Å². The van der Waals surface area contributed by atoms with Gasteiger partial charge in [-0.15, -0.1) is 0 Å². The molecular weight excluding hydrogens is 206 g/mol. The quantitative estimate of drug-likeness (QED) is 0.727. The van der Waals surface area contributed by atoms with Gasteiger partial charge in [-0.3, -0.25) is 9.59 Å². The summed E-state index contributed by atoms with van der Waals surface area (Å²) in [6.07, 6.45) is 2.89. The molecule has 0 aliphatic rings. The van der Waals surface area contributed by atoms with E-state index in [2.05, 4.69) is 6.92 Å². The van der Waals surface area contributed by atoms with Gasteiger partial charge in [-0.2, -0.15) is 0 Å². The number of carboxylic acid groups (broad SMARTS) is 1. The third-order valence-corrected chi connectivity index (χ3v) is 2.62. The molecule has 0 aromatic carbocycles. The standard InChI is InChI=1S/C12H23NO3/c1-5-6-7-10(4)12(16)13(9(2)3)8-11(14)15/h9-10H,5-8H2,1-4H3,(H,14,15). The summed E-state index contributed by atoms with van der Waals surface area (Å²) in [6, 6.07) is -0.0623. The van der Waals surface area contributed by atoms with Gasteiger partial charge in [0.05, 0.1) is 0 Å². The first-order valence-corrected chi connectivity index (χ1v) is 5.92. The van der Waals surface area contributed by atoms with E-state index in [9.17, 15) is 9.59 Å². The molecule has 94 valence electrons. The Bertz CT molecular complexity index is 238. The van der Waals surface area contributed by atoms with Gasteiger partial charge >= 0.3 is 5.97 Å². The number of carbonyl (C=O) groups is 2. The summed E-state index contributed by atoms with van der Waals surface area (Å²) in [5.41, 5.74) is 0. The average molecular weight is 229 g/mol. The lowest BCUT2D eigenvalue weighted by atomic mass is 10.0. The topological polar surface area (TPSA) is 57.6 Å². The normalized spacial score (nSPS) is 12.6. The van der Waals surface area contributed by atoms with E-state index in [-0.39, 0.29) is 24.4 Å². The van der Waals surface area contributed by atoms with Crippen molar-refractivity contribution < 1.29 is 14.7 Å². The van der Waals surface area contributed by atoms with Gasteiger partial charge < -0.3 is 10.0 Å². The van der Waals surface area contributed by atoms with Crippen molar-refractivity contribution in [3.05, 3.63) is 0 Å². The smallest absolute Gasteiger partial charge is 0.323 e. The molecule has 1 N–H and O–H groups in total. The van der Waals surface area contributed by atoms with Gasteiger partial charge in [-0.1, -0.05) is 26.7 Å². The zero-order chi connectivity index (χ0) is 12.7. The van der Waals surface area contributed by atoms with Crippen molar-refractivity contribution in [1.82, 2.24) is 4.90 Å². The molecule has 4 nitrogen and oxygen atoms in total. The van der Waals surface area contributed by atoms with Crippen LogP contribution in [0.15, 0.2) is 0 Å². The summed E-state index contributed by atoms with van der Waals surface area (Å²) >= 11 is 0. The Morgan fingerprint density at radius 2 is 1.81 bits per heavy atom. The number of amides is 1. The SMILES string of the molecule is CCCCC(C)C(=O)N(CC(=O)O)C(C)C. The zero-order valence-electron chi connectivity index (χ0n) is 10.7. The lowest BCUT2D eigenvalue weighted by molar-refractivity contribution is -0.147. The molecule has 0 aromatic heterocycles. The fraction of sp³-hybridized carbons (Fsp3) is 0.833. The Labute approximate surface area is 97.6 Å². The van der Waals surface area contributed by atoms with Gasteiger partial charge in [0, 0.05) is 12.0 Å². The monoisotopic (exact) mass is 229 g/mol. The van der Waals surface area contributed by atoms with E-state index in [4.69, 9.17) is 5.11 Å². The molecule has 0 heterocycles. The summed E-state index contributed by atoms with van der Waals surface area (Å²) in [6.45, 7) is 7.43. The Kier molecular flexibility index (Phi) is 6.77. The first-order chi connectivity index (χ1) is 7.40. The van der Waals surface area contributed by atoms with Gasteiger partial charge in [-0.05, 0) is 20.3 Å². The van der Waals surface area contributed by atoms with Crippen molar-refractivity contribution in [2.45, 2.75) is 53.0 Å². The molecule has 4 heteroatoms. The number of unbranched alkanes of at least 4 members (excludes halogenated alkanes) is 1. The number of carboxylic acids is 1. The lowest BCUT2D eigenvalue weighted by Crippen LogP contribution is -2.43. The summed E-state index contributed by atoms with van der Waals surface area (Å²) < 4.78 is 0. The predicted molar refractivity (Wildman–Crippen MR) is 63.2 cm³/mol. The Morgan fingerprint density at radius 3 is 2.19 bits per heavy atom. The zero-order valence-corrected chi connectivity index (χ0v) is 10.7. The molecule has 1 amide bonds. The molecule has 0 spiro atoms. The van der Waals surface area contributed by atoms with E-state index in [0.29, 0.717) is 0 Å². The van der Waals surface area contributed by atoms with Crippen LogP contribution in [0.3, 0.4) is 0 Å². The van der Waals surface area contributed by atoms with Crippen molar-refractivity contribution >= 4 is 11.9 Å². The third kappa shape index (κ3) is 5.14. The highest BCUT2D eigenvalue weighted by atomic mass is 16.4. The molecule has 0 aromatic rings. The number of aliphatic carboxylic acids is 1. The highest BCUT2D eigenvalue weighted by Gasteiger charge is 2.24. The van der Waals surface area contributed by atoms with Crippen molar-refractivity contribution in [3.63, 3.8) is 0 Å². The van der Waals surface area contributed by atoms with Gasteiger partial charge in [-0.25, -0.2) is 0 Å². The van der Waals surface area contributed by atoms with E-state index in [1.165, 1.54) is 4.90 Å². The maximum atomic E-state index is 12.0. The van der Waals surface area contributed by atoms with Crippen LogP contribution in [0, 0.1) is 5.92 Å². The number of rotatable bonds is 7. The lowest BCUT2D eigenvalue weighted by Gasteiger charge is -2.27. The molecule has 0 fully saturated rings. The van der Waals surface area contributed by atoms with Crippen LogP contribution in [-0.4, -0.2) is 34.5 Å². The Balaban J connectivity index is 4.42. The van der Waals surface area contributed by atoms with Gasteiger partial charge in [0.15, 0.2) is 0 Å². The molecule has 0 radical (unpaired) electrons. The second-order valence-electron chi connectivity index (χ2n) is 4.50. The van der Waals surface area contributed by atoms with Crippen LogP contribution < -0.4 is 0 Å². The van der Waals surface area contributed by atoms with Crippen LogP contribution in [0.5, 0.6) is 0 Å². The molecule has 16 heavy (non-hydrogen) atoms. The largest absolute Gasteiger partial charge is 0.480 e. The molecule has 0 saturated heterocycles. The molecular formula is C12H23NO3. The fourth-order valence-corrected chi connectivity index (χ4v) is 1.58. The van der Waals surface area contributed by atoms with Gasteiger partial charge in [0.25, 0.3) is 0 Å². The Morgan fingerprint density at radius 1 is 1.25 bits per heavy atom. The van der Waals surface area contributed by atoms with Gasteiger partial charge in [0.1, 0.15) is 6.54 Å². The summed E-state index contributed by atoms with van der Waals surface area (Å²) in [4.78, 5) is 24.1. The number of carbonyl (C=O) groups excluding carboxylic acids is 1. The molecule has 0 rings (SSSR count). The minimum atomic E-state index is -0.954. The van der Waals surface area contributed by atoms with E-state index in [0.717, 1.165) is 19.3 Å². The first-order valence-electron chi connectivity index (χ1n) is 5.92. The highest BCUT2D eigenvalue weighted by Crippen LogP contribution is 2.13. The summed E-state index contributed by atoms with van der Waals surface area (Å²) in [5, 5.41) is 8.75. The number of hydrogen-bond donors (Lipinski definition) is 1. The van der Waals surface area contributed by atoms with Crippen LogP contribution in [0.25, 0.3) is 0 Å². The maximum absolute atomic E-state index is 12.0. The number of hydrogen-bond acceptors (Lipinski definition) is 2. The molecule has 0 saturated carbocycles. The molecule has 0 aliphatic carbocycles. The third-order valence-electron chi connectivity index (χ3n) is 2.62. The summed E-state index contributed by atoms with van der Waals surface area (Å²) in [5.74, 6) is -1.09. The first kappa shape index (κ1) is 14.9. The predicted octanol–water partition coefficient (Wildman–Crippen LogP) is 2.13. The van der Waals surface area contributed by atoms with E-state index in [1.807, 2.05) is 20.8 Å². The summed E-state index contributed by atoms with van der Waals surface area (Å²) in [7, 11) is 0. The Hall–Kier alpha value is -1.06. The van der Waals surface area contributed by atoms with Crippen molar-refractivity contribution in [2.75, 3.05) is 6.54 Å². The maximum Gasteiger partial charge on any atom is 0.323 e. The highest BCUT2D eigenvalue weighted by molar-refractivity contribution is 5.83. The molecule has 1 atom stereocenters. The minimum Gasteiger partial charge on any atom is -0.480 e. The second-order valence-corrected chi connectivity index (χ2v) is 4.50. The minimum absolute atomic E-state index is 0.0501. The second kappa shape index (κ2) is 7.25. The molecule has 0 aliphatic heterocycles. The van der Waals surface area contributed by atoms with Crippen molar-refractivity contribution in [3.8, 4) is 0 Å². The molecule has 0 bridgehead atoms. The fourth-order valence-electron chi connectivity index (χ4n) is 1.58. The number of nitrogens with zero attached hydrogens (tertiary/aromatic N) is 1. The van der Waals surface area contributed by atoms with E-state index in [1.54, 1.807) is 0 Å². The van der Waals surface area contributed by atoms with E-state index >= 15 is 0 Å². The van der Waals surface area contributed by atoms with Crippen LogP contribution >= 0.6 is 0 Å². The van der Waals surface area contributed by atoms with Crippen LogP contribution in [0.2, 0.25) is 0 Å². The van der Waals surface area contributed by atoms with E-state index < -0.39 is 5.97 Å².